The van der Waals surface area contributed by atoms with E-state index < -0.39 is 0 Å². The van der Waals surface area contributed by atoms with Crippen LogP contribution in [0.2, 0.25) is 0 Å². The highest BCUT2D eigenvalue weighted by molar-refractivity contribution is 6.27. The quantitative estimate of drug-likeness (QED) is 0.120. The van der Waals surface area contributed by atoms with Crippen LogP contribution in [0.5, 0.6) is 0 Å². The molecule has 0 aliphatic heterocycles. The zero-order valence-electron chi connectivity index (χ0n) is 30.7. The average molecular weight is 689 g/mol. The Kier molecular flexibility index (Phi) is 7.67. The van der Waals surface area contributed by atoms with Gasteiger partial charge >= 0.3 is 0 Å². The van der Waals surface area contributed by atoms with Crippen molar-refractivity contribution in [3.05, 3.63) is 210 Å². The van der Waals surface area contributed by atoms with E-state index in [-0.39, 0.29) is 5.41 Å². The van der Waals surface area contributed by atoms with Crippen molar-refractivity contribution in [1.29, 1.82) is 0 Å². The normalized spacial score (nSPS) is 13.1. The first-order valence-electron chi connectivity index (χ1n) is 19.1. The van der Waals surface area contributed by atoms with Crippen molar-refractivity contribution < 1.29 is 0 Å². The smallest absolute Gasteiger partial charge is 0.0165 e. The van der Waals surface area contributed by atoms with E-state index >= 15 is 0 Å². The fourth-order valence-electron chi connectivity index (χ4n) is 9.21. The van der Waals surface area contributed by atoms with Gasteiger partial charge in [-0.05, 0) is 105 Å². The maximum absolute atomic E-state index is 2.38. The van der Waals surface area contributed by atoms with E-state index in [4.69, 9.17) is 0 Å². The summed E-state index contributed by atoms with van der Waals surface area (Å²) >= 11 is 0. The molecule has 10 rings (SSSR count). The summed E-state index contributed by atoms with van der Waals surface area (Å²) in [6, 6.07) is 67.1. The van der Waals surface area contributed by atoms with Crippen molar-refractivity contribution in [2.24, 2.45) is 0 Å². The van der Waals surface area contributed by atoms with Gasteiger partial charge in [0.2, 0.25) is 0 Å². The topological polar surface area (TPSA) is 0 Å². The highest BCUT2D eigenvalue weighted by Crippen LogP contribution is 2.52. The molecule has 0 saturated carbocycles. The fraction of sp³-hybridized carbons (Fsp3) is 0.0741. The summed E-state index contributed by atoms with van der Waals surface area (Å²) in [6.07, 6.45) is 5.44. The Hall–Kier alpha value is -6.50. The third-order valence-corrected chi connectivity index (χ3v) is 11.7. The molecule has 0 heterocycles. The Balaban J connectivity index is 0.988. The zero-order chi connectivity index (χ0) is 36.2. The van der Waals surface area contributed by atoms with E-state index in [1.165, 1.54) is 99.1 Å². The maximum atomic E-state index is 2.38. The third kappa shape index (κ3) is 5.21. The molecule has 0 atom stereocenters. The van der Waals surface area contributed by atoms with Crippen molar-refractivity contribution in [1.82, 2.24) is 0 Å². The standard InChI is InChI=1S/C54H40/c1-54(2)49-28-11-10-23-44(49)47-27-14-26-43(53(47)54)41-21-13-17-37(35-41)16-12-15-36-29-31-40(32-30-36)50-45-24-8-9-25-46(45)51(39-19-4-3-5-20-39)52-42-22-7-6-18-38(42)33-34-48(50)52/h3-15,17-35H,16H2,1-2H3/b15-12+. The first-order chi connectivity index (χ1) is 26.6. The lowest BCUT2D eigenvalue weighted by Gasteiger charge is -2.24. The SMILES string of the molecule is CC1(C)c2ccccc2-c2cccc(-c3cccc(C/C=C/c4ccc(-c5c6ccccc6c(-c6ccccc6)c6c5ccc5ccccc56)cc4)c3)c21. The van der Waals surface area contributed by atoms with Crippen LogP contribution >= 0.6 is 0 Å². The van der Waals surface area contributed by atoms with E-state index in [9.17, 15) is 0 Å². The van der Waals surface area contributed by atoms with Gasteiger partial charge in [-0.25, -0.2) is 0 Å². The highest BCUT2D eigenvalue weighted by atomic mass is 14.4. The summed E-state index contributed by atoms with van der Waals surface area (Å²) in [5, 5.41) is 7.70. The summed E-state index contributed by atoms with van der Waals surface area (Å²) in [5.74, 6) is 0. The molecule has 0 unspecified atom stereocenters. The molecule has 9 aromatic carbocycles. The summed E-state index contributed by atoms with van der Waals surface area (Å²) in [4.78, 5) is 0. The molecule has 0 spiro atoms. The van der Waals surface area contributed by atoms with Crippen LogP contribution in [0.15, 0.2) is 188 Å². The summed E-state index contributed by atoms with van der Waals surface area (Å²) < 4.78 is 0. The number of fused-ring (bicyclic) bond motifs is 7. The summed E-state index contributed by atoms with van der Waals surface area (Å²) in [6.45, 7) is 4.73. The highest BCUT2D eigenvalue weighted by Gasteiger charge is 2.37. The van der Waals surface area contributed by atoms with Gasteiger partial charge in [-0.15, -0.1) is 0 Å². The van der Waals surface area contributed by atoms with Crippen LogP contribution in [0.25, 0.3) is 82.9 Å². The second kappa shape index (κ2) is 12.9. The van der Waals surface area contributed by atoms with Crippen molar-refractivity contribution >= 4 is 38.4 Å². The lowest BCUT2D eigenvalue weighted by Crippen LogP contribution is -2.16. The van der Waals surface area contributed by atoms with Crippen LogP contribution in [-0.4, -0.2) is 0 Å². The van der Waals surface area contributed by atoms with Gasteiger partial charge in [-0.3, -0.25) is 0 Å². The number of allylic oxidation sites excluding steroid dienone is 1. The lowest BCUT2D eigenvalue weighted by atomic mass is 9.78. The van der Waals surface area contributed by atoms with Gasteiger partial charge in [0.15, 0.2) is 0 Å². The van der Waals surface area contributed by atoms with Crippen LogP contribution in [-0.2, 0) is 11.8 Å². The maximum Gasteiger partial charge on any atom is 0.0165 e. The number of rotatable bonds is 6. The van der Waals surface area contributed by atoms with E-state index in [1.54, 1.807) is 0 Å². The first kappa shape index (κ1) is 32.2. The molecule has 256 valence electrons. The van der Waals surface area contributed by atoms with Crippen molar-refractivity contribution in [3.8, 4) is 44.5 Å². The lowest BCUT2D eigenvalue weighted by molar-refractivity contribution is 0.662. The number of benzene rings is 9. The molecular formula is C54H40. The van der Waals surface area contributed by atoms with E-state index in [0.717, 1.165) is 6.42 Å². The van der Waals surface area contributed by atoms with Crippen LogP contribution in [0.3, 0.4) is 0 Å². The predicted octanol–water partition coefficient (Wildman–Crippen LogP) is 14.7. The monoisotopic (exact) mass is 688 g/mol. The van der Waals surface area contributed by atoms with E-state index in [0.29, 0.717) is 0 Å². The molecule has 1 aliphatic carbocycles. The molecule has 0 amide bonds. The van der Waals surface area contributed by atoms with Gasteiger partial charge < -0.3 is 0 Å². The Morgan fingerprint density at radius 1 is 0.444 bits per heavy atom. The van der Waals surface area contributed by atoms with Gasteiger partial charge in [0, 0.05) is 5.41 Å². The minimum absolute atomic E-state index is 0.0408. The largest absolute Gasteiger partial charge is 0.0795 e. The Morgan fingerprint density at radius 3 is 1.91 bits per heavy atom. The Labute approximate surface area is 317 Å². The van der Waals surface area contributed by atoms with Crippen LogP contribution in [0, 0.1) is 0 Å². The minimum Gasteiger partial charge on any atom is -0.0795 e. The minimum atomic E-state index is -0.0408. The molecule has 1 aliphatic rings. The first-order valence-corrected chi connectivity index (χ1v) is 19.1. The van der Waals surface area contributed by atoms with Crippen molar-refractivity contribution in [2.45, 2.75) is 25.7 Å². The van der Waals surface area contributed by atoms with Crippen molar-refractivity contribution in [3.63, 3.8) is 0 Å². The van der Waals surface area contributed by atoms with Gasteiger partial charge in [-0.1, -0.05) is 208 Å². The fourth-order valence-corrected chi connectivity index (χ4v) is 9.21. The molecule has 54 heavy (non-hydrogen) atoms. The molecule has 0 nitrogen and oxygen atoms in total. The third-order valence-electron chi connectivity index (χ3n) is 11.7. The second-order valence-electron chi connectivity index (χ2n) is 15.2. The van der Waals surface area contributed by atoms with Gasteiger partial charge in [-0.2, -0.15) is 0 Å². The molecule has 0 heteroatoms. The van der Waals surface area contributed by atoms with Gasteiger partial charge in [0.25, 0.3) is 0 Å². The van der Waals surface area contributed by atoms with Gasteiger partial charge in [0.05, 0.1) is 0 Å². The number of hydrogen-bond acceptors (Lipinski definition) is 0. The molecule has 9 aromatic rings. The summed E-state index contributed by atoms with van der Waals surface area (Å²) in [7, 11) is 0. The number of hydrogen-bond donors (Lipinski definition) is 0. The predicted molar refractivity (Wildman–Crippen MR) is 232 cm³/mol. The van der Waals surface area contributed by atoms with Crippen LogP contribution < -0.4 is 0 Å². The van der Waals surface area contributed by atoms with Crippen LogP contribution in [0.4, 0.5) is 0 Å². The molecule has 0 bridgehead atoms. The van der Waals surface area contributed by atoms with Crippen LogP contribution in [0.1, 0.15) is 36.1 Å². The average Bonchev–Trinajstić information content (AvgIpc) is 3.46. The molecule has 0 aromatic heterocycles. The summed E-state index contributed by atoms with van der Waals surface area (Å²) in [5.41, 5.74) is 15.7. The molecule has 0 saturated heterocycles. The van der Waals surface area contributed by atoms with Gasteiger partial charge in [0.1, 0.15) is 0 Å². The van der Waals surface area contributed by atoms with Crippen molar-refractivity contribution in [2.75, 3.05) is 0 Å². The zero-order valence-corrected chi connectivity index (χ0v) is 30.7. The molecule has 0 fully saturated rings. The molecular weight excluding hydrogens is 649 g/mol. The molecule has 0 N–H and O–H groups in total. The van der Waals surface area contributed by atoms with E-state index in [2.05, 4.69) is 208 Å². The van der Waals surface area contributed by atoms with E-state index in [1.807, 2.05) is 0 Å². The Morgan fingerprint density at radius 2 is 1.07 bits per heavy atom. The Bertz CT molecular complexity index is 2900. The second-order valence-corrected chi connectivity index (χ2v) is 15.2. The molecule has 0 radical (unpaired) electrons.